The van der Waals surface area contributed by atoms with E-state index in [1.54, 1.807) is 48.5 Å². The maximum atomic E-state index is 12.6. The fourth-order valence-corrected chi connectivity index (χ4v) is 3.00. The Morgan fingerprint density at radius 3 is 2.50 bits per heavy atom. The fourth-order valence-electron chi connectivity index (χ4n) is 3.00. The van der Waals surface area contributed by atoms with E-state index in [2.05, 4.69) is 15.8 Å². The number of aryl methyl sites for hydroxylation is 2. The average molecular weight is 405 g/mol. The monoisotopic (exact) mass is 405 g/mol. The smallest absolute Gasteiger partial charge is 0.255 e. The van der Waals surface area contributed by atoms with Crippen molar-refractivity contribution >= 4 is 17.5 Å². The molecule has 30 heavy (non-hydrogen) atoms. The lowest BCUT2D eigenvalue weighted by atomic mass is 10.1. The maximum absolute atomic E-state index is 12.6. The van der Waals surface area contributed by atoms with Crippen LogP contribution in [0.2, 0.25) is 0 Å². The first-order chi connectivity index (χ1) is 14.5. The lowest BCUT2D eigenvalue weighted by Gasteiger charge is -2.09. The number of rotatable bonds is 7. The minimum absolute atomic E-state index is 0.117. The molecule has 1 heterocycles. The summed E-state index contributed by atoms with van der Waals surface area (Å²) in [5.74, 6) is 1.00. The van der Waals surface area contributed by atoms with Gasteiger partial charge in [0.25, 0.3) is 11.8 Å². The second kappa shape index (κ2) is 8.41. The summed E-state index contributed by atoms with van der Waals surface area (Å²) >= 11 is 0. The van der Waals surface area contributed by atoms with Gasteiger partial charge in [0.05, 0.1) is 11.3 Å². The Labute approximate surface area is 174 Å². The van der Waals surface area contributed by atoms with Crippen molar-refractivity contribution in [2.45, 2.75) is 39.3 Å². The standard InChI is InChI=1S/C23H23N3O4/c1-14-21(15(2)30-26-14)13-29-20-10-6-16(7-11-20)22(27)25-19-5-3-4-17(12-19)23(28)24-18-8-9-18/h3-7,10-12,18H,8-9,13H2,1-2H3,(H,24,28)(H,25,27). The van der Waals surface area contributed by atoms with E-state index in [9.17, 15) is 9.59 Å². The fraction of sp³-hybridized carbons (Fsp3) is 0.261. The minimum atomic E-state index is -0.257. The Morgan fingerprint density at radius 2 is 1.83 bits per heavy atom. The first kappa shape index (κ1) is 19.7. The SMILES string of the molecule is Cc1noc(C)c1COc1ccc(C(=O)Nc2cccc(C(=O)NC3CC3)c2)cc1. The Bertz CT molecular complexity index is 1050. The Kier molecular flexibility index (Phi) is 5.52. The van der Waals surface area contributed by atoms with Crippen LogP contribution in [0.3, 0.4) is 0 Å². The molecular formula is C23H23N3O4. The molecule has 0 saturated heterocycles. The van der Waals surface area contributed by atoms with E-state index in [0.717, 1.165) is 29.9 Å². The van der Waals surface area contributed by atoms with Crippen LogP contribution in [0.5, 0.6) is 5.75 Å². The molecule has 3 aromatic rings. The highest BCUT2D eigenvalue weighted by molar-refractivity contribution is 6.05. The van der Waals surface area contributed by atoms with E-state index in [1.165, 1.54) is 0 Å². The largest absolute Gasteiger partial charge is 0.489 e. The summed E-state index contributed by atoms with van der Waals surface area (Å²) in [6.07, 6.45) is 2.06. The van der Waals surface area contributed by atoms with Gasteiger partial charge in [0, 0.05) is 22.9 Å². The Hall–Kier alpha value is -3.61. The van der Waals surface area contributed by atoms with Gasteiger partial charge in [-0.15, -0.1) is 0 Å². The van der Waals surface area contributed by atoms with Crippen LogP contribution in [0.1, 0.15) is 50.6 Å². The van der Waals surface area contributed by atoms with Crippen LogP contribution in [0.4, 0.5) is 5.69 Å². The molecule has 2 N–H and O–H groups in total. The number of nitrogens with one attached hydrogen (secondary N) is 2. The van der Waals surface area contributed by atoms with Gasteiger partial charge in [-0.1, -0.05) is 11.2 Å². The number of nitrogens with zero attached hydrogens (tertiary/aromatic N) is 1. The molecule has 1 aliphatic carbocycles. The molecule has 154 valence electrons. The van der Waals surface area contributed by atoms with Crippen LogP contribution in [-0.2, 0) is 6.61 Å². The predicted octanol–water partition coefficient (Wildman–Crippen LogP) is 4.01. The zero-order valence-electron chi connectivity index (χ0n) is 16.9. The molecule has 7 heteroatoms. The zero-order valence-corrected chi connectivity index (χ0v) is 16.9. The topological polar surface area (TPSA) is 93.5 Å². The van der Waals surface area contributed by atoms with Gasteiger partial charge in [0.15, 0.2) is 0 Å². The summed E-state index contributed by atoms with van der Waals surface area (Å²) in [5.41, 5.74) is 3.32. The van der Waals surface area contributed by atoms with Gasteiger partial charge in [-0.3, -0.25) is 9.59 Å². The number of carbonyl (C=O) groups excluding carboxylic acids is 2. The summed E-state index contributed by atoms with van der Waals surface area (Å²) < 4.78 is 10.9. The first-order valence-corrected chi connectivity index (χ1v) is 9.86. The highest BCUT2D eigenvalue weighted by atomic mass is 16.5. The van der Waals surface area contributed by atoms with Crippen molar-refractivity contribution in [3.05, 3.63) is 76.7 Å². The summed E-state index contributed by atoms with van der Waals surface area (Å²) in [6.45, 7) is 4.06. The first-order valence-electron chi connectivity index (χ1n) is 9.86. The number of benzene rings is 2. The third-order valence-corrected chi connectivity index (χ3v) is 4.98. The van der Waals surface area contributed by atoms with Crippen LogP contribution >= 0.6 is 0 Å². The van der Waals surface area contributed by atoms with E-state index in [-0.39, 0.29) is 17.9 Å². The number of hydrogen-bond acceptors (Lipinski definition) is 5. The normalized spacial score (nSPS) is 13.0. The number of aromatic nitrogens is 1. The molecule has 2 amide bonds. The third-order valence-electron chi connectivity index (χ3n) is 4.98. The van der Waals surface area contributed by atoms with Crippen molar-refractivity contribution in [1.29, 1.82) is 0 Å². The third kappa shape index (κ3) is 4.68. The van der Waals surface area contributed by atoms with E-state index in [1.807, 2.05) is 13.8 Å². The van der Waals surface area contributed by atoms with E-state index in [4.69, 9.17) is 9.26 Å². The van der Waals surface area contributed by atoms with Crippen LogP contribution < -0.4 is 15.4 Å². The summed E-state index contributed by atoms with van der Waals surface area (Å²) in [6, 6.07) is 14.1. The lowest BCUT2D eigenvalue weighted by Crippen LogP contribution is -2.25. The van der Waals surface area contributed by atoms with Gasteiger partial charge in [0.2, 0.25) is 0 Å². The Balaban J connectivity index is 1.36. The van der Waals surface area contributed by atoms with Gasteiger partial charge in [-0.25, -0.2) is 0 Å². The van der Waals surface area contributed by atoms with Gasteiger partial charge >= 0.3 is 0 Å². The summed E-state index contributed by atoms with van der Waals surface area (Å²) in [5, 5.41) is 9.68. The second-order valence-corrected chi connectivity index (χ2v) is 7.40. The average Bonchev–Trinajstić information content (AvgIpc) is 3.51. The van der Waals surface area contributed by atoms with E-state index < -0.39 is 0 Å². The molecule has 0 unspecified atom stereocenters. The van der Waals surface area contributed by atoms with Gasteiger partial charge in [-0.2, -0.15) is 0 Å². The number of amides is 2. The van der Waals surface area contributed by atoms with Crippen molar-refractivity contribution in [3.63, 3.8) is 0 Å². The minimum Gasteiger partial charge on any atom is -0.489 e. The summed E-state index contributed by atoms with van der Waals surface area (Å²) in [7, 11) is 0. The molecule has 0 radical (unpaired) electrons. The molecule has 1 saturated carbocycles. The van der Waals surface area contributed by atoms with Crippen LogP contribution in [0, 0.1) is 13.8 Å². The zero-order chi connectivity index (χ0) is 21.1. The lowest BCUT2D eigenvalue weighted by molar-refractivity contribution is 0.0949. The molecule has 7 nitrogen and oxygen atoms in total. The molecule has 0 atom stereocenters. The van der Waals surface area contributed by atoms with Gasteiger partial charge in [-0.05, 0) is 69.2 Å². The van der Waals surface area contributed by atoms with Crippen molar-refractivity contribution in [3.8, 4) is 5.75 Å². The molecule has 1 fully saturated rings. The van der Waals surface area contributed by atoms with Crippen molar-refractivity contribution in [1.82, 2.24) is 10.5 Å². The number of anilines is 1. The quantitative estimate of drug-likeness (QED) is 0.619. The predicted molar refractivity (Wildman–Crippen MR) is 112 cm³/mol. The van der Waals surface area contributed by atoms with Gasteiger partial charge in [0.1, 0.15) is 18.1 Å². The van der Waals surface area contributed by atoms with Crippen LogP contribution in [0.15, 0.2) is 53.1 Å². The molecule has 0 bridgehead atoms. The number of carbonyl (C=O) groups is 2. The second-order valence-electron chi connectivity index (χ2n) is 7.40. The van der Waals surface area contributed by atoms with E-state index in [0.29, 0.717) is 29.2 Å². The molecule has 1 aliphatic rings. The number of ether oxygens (including phenoxy) is 1. The Morgan fingerprint density at radius 1 is 1.07 bits per heavy atom. The maximum Gasteiger partial charge on any atom is 0.255 e. The molecule has 4 rings (SSSR count). The molecular weight excluding hydrogens is 382 g/mol. The van der Waals surface area contributed by atoms with Crippen molar-refractivity contribution < 1.29 is 18.8 Å². The molecule has 0 aliphatic heterocycles. The van der Waals surface area contributed by atoms with Crippen molar-refractivity contribution in [2.75, 3.05) is 5.32 Å². The van der Waals surface area contributed by atoms with Crippen LogP contribution in [-0.4, -0.2) is 23.0 Å². The molecule has 0 spiro atoms. The van der Waals surface area contributed by atoms with Crippen molar-refractivity contribution in [2.24, 2.45) is 0 Å². The summed E-state index contributed by atoms with van der Waals surface area (Å²) in [4.78, 5) is 24.7. The highest BCUT2D eigenvalue weighted by Crippen LogP contribution is 2.21. The molecule has 1 aromatic heterocycles. The number of hydrogen-bond donors (Lipinski definition) is 2. The van der Waals surface area contributed by atoms with E-state index >= 15 is 0 Å². The highest BCUT2D eigenvalue weighted by Gasteiger charge is 2.23. The molecule has 2 aromatic carbocycles. The van der Waals surface area contributed by atoms with Crippen LogP contribution in [0.25, 0.3) is 0 Å². The van der Waals surface area contributed by atoms with Gasteiger partial charge < -0.3 is 19.9 Å².